The minimum Gasteiger partial charge on any atom is -0.508 e. The van der Waals surface area contributed by atoms with Crippen LogP contribution in [0.15, 0.2) is 48.5 Å². The Morgan fingerprint density at radius 1 is 1.00 bits per heavy atom. The van der Waals surface area contributed by atoms with Crippen LogP contribution in [-0.4, -0.2) is 73.9 Å². The number of hydrogen-bond acceptors (Lipinski definition) is 10. The highest BCUT2D eigenvalue weighted by Gasteiger charge is 2.47. The van der Waals surface area contributed by atoms with Crippen LogP contribution in [0.3, 0.4) is 0 Å². The molecule has 3 rings (SSSR count). The van der Waals surface area contributed by atoms with Crippen molar-refractivity contribution >= 4 is 12.0 Å². The average Bonchev–Trinajstić information content (AvgIpc) is 2.75. The standard InChI is InChI=1S/C21H22O10/c22-10-16-18(27)19(28)20(21(30-16)29-13-5-3-12(23)4-6-13)31-17(26)8-2-11-1-7-14(24)15(25)9-11/h1-9,16,18-25,27-28H,10H2/b8-2+/t16-,18-,19-,20-,21-/m1/s1. The maximum Gasteiger partial charge on any atom is 0.331 e. The van der Waals surface area contributed by atoms with Crippen LogP contribution in [0.4, 0.5) is 0 Å². The number of carbonyl (C=O) groups is 1. The van der Waals surface area contributed by atoms with Crippen molar-refractivity contribution in [2.24, 2.45) is 0 Å². The van der Waals surface area contributed by atoms with Crippen LogP contribution in [0.5, 0.6) is 23.0 Å². The van der Waals surface area contributed by atoms with E-state index in [1.807, 2.05) is 0 Å². The molecule has 1 fully saturated rings. The summed E-state index contributed by atoms with van der Waals surface area (Å²) >= 11 is 0. The summed E-state index contributed by atoms with van der Waals surface area (Å²) in [6.45, 7) is -0.613. The van der Waals surface area contributed by atoms with E-state index in [1.54, 1.807) is 0 Å². The molecule has 10 nitrogen and oxygen atoms in total. The SMILES string of the molecule is O=C(/C=C/c1ccc(O)c(O)c1)O[C@H]1[C@H](Oc2ccc(O)cc2)O[C@H](CO)[C@@H](O)[C@H]1O. The molecular weight excluding hydrogens is 412 g/mol. The van der Waals surface area contributed by atoms with Gasteiger partial charge in [0.25, 0.3) is 0 Å². The summed E-state index contributed by atoms with van der Waals surface area (Å²) in [5, 5.41) is 58.1. The molecule has 0 aromatic heterocycles. The van der Waals surface area contributed by atoms with Crippen LogP contribution in [0.25, 0.3) is 6.08 Å². The van der Waals surface area contributed by atoms with Gasteiger partial charge >= 0.3 is 5.97 Å². The fraction of sp³-hybridized carbons (Fsp3) is 0.286. The van der Waals surface area contributed by atoms with E-state index in [9.17, 15) is 35.4 Å². The maximum absolute atomic E-state index is 12.3. The molecule has 0 radical (unpaired) electrons. The number of benzene rings is 2. The van der Waals surface area contributed by atoms with E-state index < -0.39 is 43.3 Å². The van der Waals surface area contributed by atoms with Crippen LogP contribution in [-0.2, 0) is 14.3 Å². The lowest BCUT2D eigenvalue weighted by Crippen LogP contribution is -2.61. The lowest BCUT2D eigenvalue weighted by atomic mass is 9.99. The van der Waals surface area contributed by atoms with Crippen molar-refractivity contribution in [2.45, 2.75) is 30.7 Å². The second-order valence-electron chi connectivity index (χ2n) is 6.80. The summed E-state index contributed by atoms with van der Waals surface area (Å²) in [4.78, 5) is 12.3. The van der Waals surface area contributed by atoms with Gasteiger partial charge in [0.05, 0.1) is 6.61 Å². The fourth-order valence-corrected chi connectivity index (χ4v) is 2.92. The molecule has 166 valence electrons. The number of hydrogen-bond donors (Lipinski definition) is 6. The van der Waals surface area contributed by atoms with E-state index in [-0.39, 0.29) is 23.0 Å². The van der Waals surface area contributed by atoms with Crippen molar-refractivity contribution in [3.63, 3.8) is 0 Å². The zero-order chi connectivity index (χ0) is 22.5. The summed E-state index contributed by atoms with van der Waals surface area (Å²) in [5.74, 6) is -1.38. The molecule has 0 saturated carbocycles. The number of carbonyl (C=O) groups excluding carboxylic acids is 1. The molecule has 31 heavy (non-hydrogen) atoms. The monoisotopic (exact) mass is 434 g/mol. The highest BCUT2D eigenvalue weighted by molar-refractivity contribution is 5.87. The first-order valence-electron chi connectivity index (χ1n) is 9.27. The number of ether oxygens (including phenoxy) is 3. The average molecular weight is 434 g/mol. The Morgan fingerprint density at radius 2 is 1.71 bits per heavy atom. The first-order chi connectivity index (χ1) is 14.8. The van der Waals surface area contributed by atoms with Gasteiger partial charge in [-0.05, 0) is 48.0 Å². The molecule has 0 unspecified atom stereocenters. The van der Waals surface area contributed by atoms with Crippen molar-refractivity contribution in [1.82, 2.24) is 0 Å². The van der Waals surface area contributed by atoms with Crippen LogP contribution in [0.2, 0.25) is 0 Å². The summed E-state index contributed by atoms with van der Waals surface area (Å²) in [7, 11) is 0. The van der Waals surface area contributed by atoms with Crippen molar-refractivity contribution in [2.75, 3.05) is 6.61 Å². The number of aromatic hydroxyl groups is 3. The second-order valence-corrected chi connectivity index (χ2v) is 6.80. The third-order valence-corrected chi connectivity index (χ3v) is 4.58. The van der Waals surface area contributed by atoms with E-state index in [2.05, 4.69) is 0 Å². The van der Waals surface area contributed by atoms with Gasteiger partial charge in [-0.1, -0.05) is 6.07 Å². The summed E-state index contributed by atoms with van der Waals surface area (Å²) < 4.78 is 16.3. The first-order valence-corrected chi connectivity index (χ1v) is 9.27. The van der Waals surface area contributed by atoms with Gasteiger partial charge in [-0.3, -0.25) is 0 Å². The lowest BCUT2D eigenvalue weighted by molar-refractivity contribution is -0.281. The van der Waals surface area contributed by atoms with Gasteiger partial charge in [-0.25, -0.2) is 4.79 Å². The van der Waals surface area contributed by atoms with E-state index in [4.69, 9.17) is 14.2 Å². The predicted molar refractivity (Wildman–Crippen MR) is 105 cm³/mol. The Hall–Kier alpha value is -3.31. The van der Waals surface area contributed by atoms with Crippen molar-refractivity contribution in [1.29, 1.82) is 0 Å². The molecule has 1 aliphatic heterocycles. The molecule has 2 aromatic carbocycles. The minimum absolute atomic E-state index is 0.00557. The molecule has 10 heteroatoms. The molecule has 0 aliphatic carbocycles. The Bertz CT molecular complexity index is 926. The normalized spacial score (nSPS) is 26.0. The molecule has 0 spiro atoms. The number of phenolic OH excluding ortho intramolecular Hbond substituents is 3. The van der Waals surface area contributed by atoms with Crippen molar-refractivity contribution in [3.05, 3.63) is 54.1 Å². The lowest BCUT2D eigenvalue weighted by Gasteiger charge is -2.41. The number of esters is 1. The Balaban J connectivity index is 1.75. The molecule has 5 atom stereocenters. The van der Waals surface area contributed by atoms with Crippen molar-refractivity contribution in [3.8, 4) is 23.0 Å². The van der Waals surface area contributed by atoms with Gasteiger partial charge in [0.1, 0.15) is 29.8 Å². The first kappa shape index (κ1) is 22.4. The van der Waals surface area contributed by atoms with Crippen LogP contribution in [0, 0.1) is 0 Å². The predicted octanol–water partition coefficient (Wildman–Crippen LogP) is 0.246. The highest BCUT2D eigenvalue weighted by atomic mass is 16.7. The summed E-state index contributed by atoms with van der Waals surface area (Å²) in [6, 6.07) is 9.45. The summed E-state index contributed by atoms with van der Waals surface area (Å²) in [6.07, 6.45) is -4.83. The number of rotatable bonds is 6. The summed E-state index contributed by atoms with van der Waals surface area (Å²) in [5.41, 5.74) is 0.393. The molecule has 1 aliphatic rings. The molecule has 2 aromatic rings. The fourth-order valence-electron chi connectivity index (χ4n) is 2.92. The topological polar surface area (TPSA) is 166 Å². The Kier molecular flexibility index (Phi) is 6.98. The van der Waals surface area contributed by atoms with Gasteiger partial charge in [0.2, 0.25) is 6.29 Å². The van der Waals surface area contributed by atoms with Crippen LogP contribution in [0.1, 0.15) is 5.56 Å². The Labute approximate surface area is 176 Å². The number of aliphatic hydroxyl groups is 3. The highest BCUT2D eigenvalue weighted by Crippen LogP contribution is 2.28. The van der Waals surface area contributed by atoms with E-state index in [0.717, 1.165) is 6.08 Å². The van der Waals surface area contributed by atoms with Gasteiger partial charge in [0, 0.05) is 6.08 Å². The van der Waals surface area contributed by atoms with Gasteiger partial charge in [-0.2, -0.15) is 0 Å². The molecular formula is C21H22O10. The van der Waals surface area contributed by atoms with E-state index in [0.29, 0.717) is 5.56 Å². The minimum atomic E-state index is -1.62. The quantitative estimate of drug-likeness (QED) is 0.211. The van der Waals surface area contributed by atoms with E-state index >= 15 is 0 Å². The third kappa shape index (κ3) is 5.44. The molecule has 1 heterocycles. The molecule has 1 saturated heterocycles. The van der Waals surface area contributed by atoms with Crippen molar-refractivity contribution < 1.29 is 49.6 Å². The number of phenols is 3. The smallest absolute Gasteiger partial charge is 0.331 e. The molecule has 0 amide bonds. The van der Waals surface area contributed by atoms with Crippen LogP contribution >= 0.6 is 0 Å². The Morgan fingerprint density at radius 3 is 2.35 bits per heavy atom. The van der Waals surface area contributed by atoms with Crippen LogP contribution < -0.4 is 4.74 Å². The zero-order valence-corrected chi connectivity index (χ0v) is 16.1. The van der Waals surface area contributed by atoms with E-state index in [1.165, 1.54) is 48.5 Å². The molecule has 6 N–H and O–H groups in total. The van der Waals surface area contributed by atoms with Gasteiger partial charge in [0.15, 0.2) is 17.6 Å². The van der Waals surface area contributed by atoms with Gasteiger partial charge in [-0.15, -0.1) is 0 Å². The zero-order valence-electron chi connectivity index (χ0n) is 16.1. The second kappa shape index (κ2) is 9.67. The maximum atomic E-state index is 12.3. The largest absolute Gasteiger partial charge is 0.508 e. The molecule has 0 bridgehead atoms. The number of aliphatic hydroxyl groups excluding tert-OH is 3. The third-order valence-electron chi connectivity index (χ3n) is 4.58. The van der Waals surface area contributed by atoms with Gasteiger partial charge < -0.3 is 44.8 Å².